The van der Waals surface area contributed by atoms with Gasteiger partial charge in [0.05, 0.1) is 17.9 Å². The van der Waals surface area contributed by atoms with Gasteiger partial charge in [-0.25, -0.2) is 4.39 Å². The van der Waals surface area contributed by atoms with Crippen LogP contribution in [0.25, 0.3) is 0 Å². The minimum atomic E-state index is -3.10. The first-order valence-corrected chi connectivity index (χ1v) is 6.20. The molecular weight excluding hydrogens is 287 g/mol. The highest BCUT2D eigenvalue weighted by molar-refractivity contribution is 5.70. The molecule has 2 aromatic rings. The number of ether oxygens (including phenoxy) is 1. The SMILES string of the molecule is Nc1cc(F)c(OC(F)F)cc1N1CCn2cnnc2C1. The normalized spacial score (nSPS) is 14.4. The molecule has 0 aliphatic carbocycles. The molecule has 0 saturated carbocycles. The fraction of sp³-hybridized carbons (Fsp3) is 0.333. The number of hydrogen-bond donors (Lipinski definition) is 1. The number of anilines is 2. The van der Waals surface area contributed by atoms with Crippen LogP contribution >= 0.6 is 0 Å². The van der Waals surface area contributed by atoms with Gasteiger partial charge in [-0.05, 0) is 0 Å². The van der Waals surface area contributed by atoms with E-state index in [-0.39, 0.29) is 5.69 Å². The predicted octanol–water partition coefficient (Wildman–Crippen LogP) is 1.62. The number of benzene rings is 1. The van der Waals surface area contributed by atoms with Crippen LogP contribution in [-0.2, 0) is 13.1 Å². The highest BCUT2D eigenvalue weighted by Crippen LogP contribution is 2.33. The molecule has 112 valence electrons. The lowest BCUT2D eigenvalue weighted by Crippen LogP contribution is -2.34. The van der Waals surface area contributed by atoms with Crippen molar-refractivity contribution >= 4 is 11.4 Å². The van der Waals surface area contributed by atoms with Gasteiger partial charge >= 0.3 is 6.61 Å². The number of hydrogen-bond acceptors (Lipinski definition) is 5. The topological polar surface area (TPSA) is 69.2 Å². The standard InChI is InChI=1S/C12H12F3N5O/c13-7-3-8(16)9(4-10(7)21-12(14)15)19-1-2-20-6-17-18-11(20)5-19/h3-4,6,12H,1-2,5,16H2. The summed E-state index contributed by atoms with van der Waals surface area (Å²) in [6.07, 6.45) is 1.62. The number of halogens is 3. The van der Waals surface area contributed by atoms with E-state index in [2.05, 4.69) is 14.9 Å². The number of alkyl halides is 2. The Kier molecular flexibility index (Phi) is 3.32. The minimum Gasteiger partial charge on any atom is -0.432 e. The molecule has 1 aliphatic heterocycles. The molecule has 0 spiro atoms. The summed E-state index contributed by atoms with van der Waals surface area (Å²) in [5.41, 5.74) is 6.37. The monoisotopic (exact) mass is 299 g/mol. The van der Waals surface area contributed by atoms with Gasteiger partial charge in [-0.2, -0.15) is 8.78 Å². The Morgan fingerprint density at radius 2 is 2.10 bits per heavy atom. The molecule has 2 N–H and O–H groups in total. The zero-order chi connectivity index (χ0) is 15.0. The second kappa shape index (κ2) is 5.15. The van der Waals surface area contributed by atoms with Crippen LogP contribution in [0.4, 0.5) is 24.5 Å². The van der Waals surface area contributed by atoms with Crippen molar-refractivity contribution in [1.29, 1.82) is 0 Å². The van der Waals surface area contributed by atoms with E-state index in [4.69, 9.17) is 5.73 Å². The number of aromatic nitrogens is 3. The zero-order valence-corrected chi connectivity index (χ0v) is 10.8. The summed E-state index contributed by atoms with van der Waals surface area (Å²) in [5, 5.41) is 7.75. The van der Waals surface area contributed by atoms with Crippen molar-refractivity contribution < 1.29 is 17.9 Å². The van der Waals surface area contributed by atoms with Crippen molar-refractivity contribution in [1.82, 2.24) is 14.8 Å². The molecule has 6 nitrogen and oxygen atoms in total. The van der Waals surface area contributed by atoms with Crippen molar-refractivity contribution in [2.45, 2.75) is 19.7 Å². The summed E-state index contributed by atoms with van der Waals surface area (Å²) < 4.78 is 44.2. The molecule has 9 heteroatoms. The molecule has 0 radical (unpaired) electrons. The Balaban J connectivity index is 1.91. The van der Waals surface area contributed by atoms with Crippen LogP contribution in [0.3, 0.4) is 0 Å². The number of rotatable bonds is 3. The van der Waals surface area contributed by atoms with Crippen LogP contribution in [0.1, 0.15) is 5.82 Å². The Morgan fingerprint density at radius 1 is 1.29 bits per heavy atom. The maximum Gasteiger partial charge on any atom is 0.387 e. The molecule has 1 aliphatic rings. The summed E-state index contributed by atoms with van der Waals surface area (Å²) in [5.74, 6) is -0.723. The van der Waals surface area contributed by atoms with Gasteiger partial charge < -0.3 is 19.9 Å². The average Bonchev–Trinajstić information content (AvgIpc) is 2.88. The smallest absolute Gasteiger partial charge is 0.387 e. The van der Waals surface area contributed by atoms with Gasteiger partial charge in [-0.15, -0.1) is 10.2 Å². The van der Waals surface area contributed by atoms with Crippen molar-refractivity contribution in [3.63, 3.8) is 0 Å². The zero-order valence-electron chi connectivity index (χ0n) is 10.8. The Labute approximate surface area is 117 Å². The van der Waals surface area contributed by atoms with Crippen LogP contribution < -0.4 is 15.4 Å². The van der Waals surface area contributed by atoms with E-state index in [9.17, 15) is 13.2 Å². The van der Waals surface area contributed by atoms with Crippen molar-refractivity contribution in [2.24, 2.45) is 0 Å². The Bertz CT molecular complexity index is 660. The van der Waals surface area contributed by atoms with Gasteiger partial charge in [0.1, 0.15) is 6.33 Å². The number of fused-ring (bicyclic) bond motifs is 1. The van der Waals surface area contributed by atoms with Gasteiger partial charge in [-0.3, -0.25) is 0 Å². The van der Waals surface area contributed by atoms with E-state index >= 15 is 0 Å². The Hall–Kier alpha value is -2.45. The van der Waals surface area contributed by atoms with E-state index < -0.39 is 18.2 Å². The third kappa shape index (κ3) is 2.58. The van der Waals surface area contributed by atoms with Gasteiger partial charge in [0, 0.05) is 25.2 Å². The van der Waals surface area contributed by atoms with E-state index in [1.807, 2.05) is 9.47 Å². The van der Waals surface area contributed by atoms with E-state index in [1.54, 1.807) is 6.33 Å². The summed E-state index contributed by atoms with van der Waals surface area (Å²) >= 11 is 0. The first kappa shape index (κ1) is 13.5. The van der Waals surface area contributed by atoms with Crippen LogP contribution in [0.5, 0.6) is 5.75 Å². The van der Waals surface area contributed by atoms with Gasteiger partial charge in [-0.1, -0.05) is 0 Å². The fourth-order valence-corrected chi connectivity index (χ4v) is 2.29. The van der Waals surface area contributed by atoms with E-state index in [0.717, 1.165) is 11.9 Å². The molecule has 0 saturated heterocycles. The number of nitrogens with two attached hydrogens (primary N) is 1. The van der Waals surface area contributed by atoms with Crippen LogP contribution in [0.2, 0.25) is 0 Å². The molecule has 1 aromatic heterocycles. The predicted molar refractivity (Wildman–Crippen MR) is 68.5 cm³/mol. The van der Waals surface area contributed by atoms with Crippen LogP contribution in [0, 0.1) is 5.82 Å². The highest BCUT2D eigenvalue weighted by atomic mass is 19.3. The highest BCUT2D eigenvalue weighted by Gasteiger charge is 2.22. The lowest BCUT2D eigenvalue weighted by atomic mass is 10.2. The summed E-state index contributed by atoms with van der Waals surface area (Å²) in [7, 11) is 0. The summed E-state index contributed by atoms with van der Waals surface area (Å²) in [6, 6.07) is 2.16. The maximum absolute atomic E-state index is 13.6. The van der Waals surface area contributed by atoms with Crippen molar-refractivity contribution in [2.75, 3.05) is 17.2 Å². The van der Waals surface area contributed by atoms with Crippen molar-refractivity contribution in [3.8, 4) is 5.75 Å². The largest absolute Gasteiger partial charge is 0.432 e. The lowest BCUT2D eigenvalue weighted by molar-refractivity contribution is -0.0521. The lowest BCUT2D eigenvalue weighted by Gasteiger charge is -2.30. The minimum absolute atomic E-state index is 0.155. The molecule has 21 heavy (non-hydrogen) atoms. The van der Waals surface area contributed by atoms with Gasteiger partial charge in [0.25, 0.3) is 0 Å². The molecular formula is C12H12F3N5O. The molecule has 2 heterocycles. The quantitative estimate of drug-likeness (QED) is 0.872. The first-order chi connectivity index (χ1) is 10.0. The van der Waals surface area contributed by atoms with E-state index in [1.165, 1.54) is 6.07 Å². The molecule has 3 rings (SSSR count). The second-order valence-electron chi connectivity index (χ2n) is 4.58. The van der Waals surface area contributed by atoms with Crippen molar-refractivity contribution in [3.05, 3.63) is 30.1 Å². The molecule has 0 fully saturated rings. The third-order valence-electron chi connectivity index (χ3n) is 3.28. The average molecular weight is 299 g/mol. The first-order valence-electron chi connectivity index (χ1n) is 6.20. The van der Waals surface area contributed by atoms with Gasteiger partial charge in [0.15, 0.2) is 17.4 Å². The molecule has 0 atom stereocenters. The summed E-state index contributed by atoms with van der Waals surface area (Å²) in [4.78, 5) is 1.82. The second-order valence-corrected chi connectivity index (χ2v) is 4.58. The fourth-order valence-electron chi connectivity index (χ4n) is 2.29. The molecule has 1 aromatic carbocycles. The van der Waals surface area contributed by atoms with E-state index in [0.29, 0.717) is 25.3 Å². The van der Waals surface area contributed by atoms with Crippen LogP contribution in [0.15, 0.2) is 18.5 Å². The molecule has 0 amide bonds. The van der Waals surface area contributed by atoms with Gasteiger partial charge in [0.2, 0.25) is 0 Å². The Morgan fingerprint density at radius 3 is 2.86 bits per heavy atom. The molecule has 0 unspecified atom stereocenters. The maximum atomic E-state index is 13.6. The number of nitrogens with zero attached hydrogens (tertiary/aromatic N) is 4. The summed E-state index contributed by atoms with van der Waals surface area (Å²) in [6.45, 7) is -1.48. The molecule has 0 bridgehead atoms. The van der Waals surface area contributed by atoms with Crippen LogP contribution in [-0.4, -0.2) is 27.9 Å². The third-order valence-corrected chi connectivity index (χ3v) is 3.28. The number of nitrogen functional groups attached to an aromatic ring is 1.